The van der Waals surface area contributed by atoms with E-state index in [-0.39, 0.29) is 29.7 Å². The Hall–Kier alpha value is -1.46. The van der Waals surface area contributed by atoms with Crippen LogP contribution in [0.4, 0.5) is 0 Å². The van der Waals surface area contributed by atoms with Crippen molar-refractivity contribution in [3.05, 3.63) is 16.0 Å². The summed E-state index contributed by atoms with van der Waals surface area (Å²) in [5.41, 5.74) is 4.87. The third-order valence-electron chi connectivity index (χ3n) is 2.93. The van der Waals surface area contributed by atoms with E-state index in [4.69, 9.17) is 21.6 Å². The molecule has 9 N–H and O–H groups in total. The monoisotopic (exact) mass is 412 g/mol. The zero-order valence-electron chi connectivity index (χ0n) is 15.7. The second-order valence-electron chi connectivity index (χ2n) is 6.47. The second-order valence-corrected chi connectivity index (χ2v) is 9.79. The van der Waals surface area contributed by atoms with Crippen LogP contribution in [0.15, 0.2) is 9.95 Å². The average Bonchev–Trinajstić information content (AvgIpc) is 2.46. The van der Waals surface area contributed by atoms with Crippen LogP contribution in [0.1, 0.15) is 32.9 Å². The first-order chi connectivity index (χ1) is 11.2. The van der Waals surface area contributed by atoms with E-state index >= 15 is 0 Å². The Morgan fingerprint density at radius 1 is 1.38 bits per heavy atom. The molecular weight excluding hydrogens is 383 g/mol. The van der Waals surface area contributed by atoms with Crippen molar-refractivity contribution in [1.82, 2.24) is 21.0 Å². The number of rotatable bonds is 5. The number of aromatic nitrogens is 3. The molecule has 1 heterocycles. The van der Waals surface area contributed by atoms with Gasteiger partial charge in [0.15, 0.2) is 7.37 Å². The Bertz CT molecular complexity index is 699. The summed E-state index contributed by atoms with van der Waals surface area (Å²) in [6.07, 6.45) is 1.80. The molecular formula is C13H29N6O5PS. The largest absolute Gasteiger partial charge is 0.480 e. The summed E-state index contributed by atoms with van der Waals surface area (Å²) in [4.78, 5) is 30.6. The van der Waals surface area contributed by atoms with E-state index in [1.54, 1.807) is 6.26 Å². The summed E-state index contributed by atoms with van der Waals surface area (Å²) in [6, 6.07) is -1.03. The summed E-state index contributed by atoms with van der Waals surface area (Å²) < 4.78 is 11.7. The number of nitrogen functional groups attached to an aromatic ring is 1. The predicted octanol–water partition coefficient (Wildman–Crippen LogP) is 0.222. The Labute approximate surface area is 156 Å². The molecule has 13 heteroatoms. The zero-order valence-corrected chi connectivity index (χ0v) is 17.4. The third-order valence-corrected chi connectivity index (χ3v) is 4.66. The van der Waals surface area contributed by atoms with Crippen LogP contribution >= 0.6 is 19.1 Å². The summed E-state index contributed by atoms with van der Waals surface area (Å²) in [5, 5.41) is 16.5. The number of aliphatic carboxylic acids is 1. The van der Waals surface area contributed by atoms with Crippen molar-refractivity contribution >= 4 is 25.1 Å². The minimum absolute atomic E-state index is 0. The Balaban J connectivity index is 0. The molecule has 0 saturated carbocycles. The number of carboxylic acid groups (broad SMARTS) is 1. The number of hydrogen-bond acceptors (Lipinski definition) is 9. The highest BCUT2D eigenvalue weighted by atomic mass is 32.2. The maximum absolute atomic E-state index is 11.7. The van der Waals surface area contributed by atoms with Crippen LogP contribution in [0.3, 0.4) is 0 Å². The summed E-state index contributed by atoms with van der Waals surface area (Å²) in [5.74, 6) is 4.43. The van der Waals surface area contributed by atoms with Gasteiger partial charge >= 0.3 is 5.97 Å². The molecule has 1 unspecified atom stereocenters. The van der Waals surface area contributed by atoms with E-state index in [1.807, 2.05) is 20.8 Å². The van der Waals surface area contributed by atoms with E-state index in [2.05, 4.69) is 10.2 Å². The Kier molecular flexibility index (Phi) is 10.9. The molecule has 0 fully saturated rings. The van der Waals surface area contributed by atoms with Crippen molar-refractivity contribution in [1.29, 1.82) is 0 Å². The number of nitrogens with zero attached hydrogens (tertiary/aromatic N) is 3. The first kappa shape index (κ1) is 26.8. The average molecular weight is 412 g/mol. The van der Waals surface area contributed by atoms with E-state index in [0.717, 1.165) is 4.68 Å². The molecule has 26 heavy (non-hydrogen) atoms. The number of hydrogen-bond donors (Lipinski definition) is 5. The molecule has 152 valence electrons. The summed E-state index contributed by atoms with van der Waals surface area (Å²) >= 11 is 1.29. The first-order valence-electron chi connectivity index (χ1n) is 7.27. The molecule has 0 aliphatic carbocycles. The normalized spacial score (nSPS) is 14.3. The van der Waals surface area contributed by atoms with Crippen molar-refractivity contribution in [3.63, 3.8) is 0 Å². The maximum atomic E-state index is 11.7. The van der Waals surface area contributed by atoms with Crippen LogP contribution in [0.2, 0.25) is 0 Å². The fraction of sp³-hybridized carbons (Fsp3) is 0.692. The standard InChI is InChI=1S/C8H14N4OS.C5H12NO4P.H3N/c1-8(2,3)5-6(13)12(9)7(14-4)11-10-5;1-11(9,10)3-2-4(6)5(7)8;/h9H2,1-4H3;4H,2-3,6H2,1H3,(H,7,8)(H,9,10);1H3/t;4-;/m.0./s1. The Morgan fingerprint density at radius 2 is 1.88 bits per heavy atom. The SMILES string of the molecule is CP(=O)(O)CC[C@H](N)C(=O)O.CSc1nnc(C(C)(C)C)c(=O)n1N.N. The van der Waals surface area contributed by atoms with Gasteiger partial charge in [-0.2, -0.15) is 4.68 Å². The minimum atomic E-state index is -3.10. The highest BCUT2D eigenvalue weighted by molar-refractivity contribution is 7.98. The molecule has 0 amide bonds. The fourth-order valence-corrected chi connectivity index (χ4v) is 2.66. The third kappa shape index (κ3) is 9.30. The van der Waals surface area contributed by atoms with E-state index in [1.165, 1.54) is 18.4 Å². The molecule has 0 aromatic carbocycles. The van der Waals surface area contributed by atoms with Gasteiger partial charge in [-0.25, -0.2) is 0 Å². The van der Waals surface area contributed by atoms with Crippen LogP contribution < -0.4 is 23.3 Å². The number of thioether (sulfide) groups is 1. The van der Waals surface area contributed by atoms with Crippen LogP contribution in [0, 0.1) is 0 Å². The number of carbonyl (C=O) groups is 1. The van der Waals surface area contributed by atoms with Crippen molar-refractivity contribution in [3.8, 4) is 0 Å². The first-order valence-corrected chi connectivity index (χ1v) is 10.8. The van der Waals surface area contributed by atoms with Gasteiger partial charge in [-0.3, -0.25) is 14.2 Å². The smallest absolute Gasteiger partial charge is 0.320 e. The lowest BCUT2D eigenvalue weighted by molar-refractivity contribution is -0.138. The van der Waals surface area contributed by atoms with Crippen LogP contribution in [0.5, 0.6) is 0 Å². The lowest BCUT2D eigenvalue weighted by atomic mass is 9.93. The van der Waals surface area contributed by atoms with Crippen LogP contribution in [0.25, 0.3) is 0 Å². The maximum Gasteiger partial charge on any atom is 0.320 e. The summed E-state index contributed by atoms with van der Waals surface area (Å²) in [7, 11) is -3.10. The van der Waals surface area contributed by atoms with Crippen LogP contribution in [-0.4, -0.2) is 56.0 Å². The molecule has 0 radical (unpaired) electrons. The topological polar surface area (TPSA) is 209 Å². The molecule has 11 nitrogen and oxygen atoms in total. The van der Waals surface area contributed by atoms with Gasteiger partial charge in [0.25, 0.3) is 5.56 Å². The predicted molar refractivity (Wildman–Crippen MR) is 103 cm³/mol. The lowest BCUT2D eigenvalue weighted by Gasteiger charge is -2.16. The van der Waals surface area contributed by atoms with Gasteiger partial charge in [0.2, 0.25) is 5.16 Å². The van der Waals surface area contributed by atoms with Gasteiger partial charge in [0, 0.05) is 18.2 Å². The summed E-state index contributed by atoms with van der Waals surface area (Å²) in [6.45, 7) is 6.88. The molecule has 0 spiro atoms. The van der Waals surface area contributed by atoms with Crippen LogP contribution in [-0.2, 0) is 14.8 Å². The minimum Gasteiger partial charge on any atom is -0.480 e. The van der Waals surface area contributed by atoms with Gasteiger partial charge in [0.05, 0.1) is 0 Å². The molecule has 0 bridgehead atoms. The van der Waals surface area contributed by atoms with Crippen molar-refractivity contribution in [2.24, 2.45) is 5.73 Å². The van der Waals surface area contributed by atoms with Crippen molar-refractivity contribution < 1.29 is 19.4 Å². The molecule has 1 rings (SSSR count). The van der Waals surface area contributed by atoms with E-state index in [9.17, 15) is 14.2 Å². The van der Waals surface area contributed by atoms with E-state index in [0.29, 0.717) is 10.9 Å². The Morgan fingerprint density at radius 3 is 2.23 bits per heavy atom. The lowest BCUT2D eigenvalue weighted by Crippen LogP contribution is -2.37. The van der Waals surface area contributed by atoms with E-state index < -0.39 is 19.4 Å². The van der Waals surface area contributed by atoms with Gasteiger partial charge in [-0.1, -0.05) is 32.5 Å². The van der Waals surface area contributed by atoms with Gasteiger partial charge in [-0.05, 0) is 12.7 Å². The van der Waals surface area contributed by atoms with Gasteiger partial charge in [0.1, 0.15) is 11.7 Å². The van der Waals surface area contributed by atoms with Crippen molar-refractivity contribution in [2.45, 2.75) is 43.8 Å². The molecule has 0 aliphatic rings. The molecule has 1 aromatic heterocycles. The van der Waals surface area contributed by atoms with Gasteiger partial charge in [-0.15, -0.1) is 10.2 Å². The highest BCUT2D eigenvalue weighted by Gasteiger charge is 2.22. The van der Waals surface area contributed by atoms with Gasteiger partial charge < -0.3 is 27.7 Å². The molecule has 1 aromatic rings. The number of carboxylic acids is 1. The fourth-order valence-electron chi connectivity index (χ4n) is 1.50. The molecule has 0 aliphatic heterocycles. The quantitative estimate of drug-likeness (QED) is 0.251. The molecule has 2 atom stereocenters. The van der Waals surface area contributed by atoms with Crippen molar-refractivity contribution in [2.75, 3.05) is 24.9 Å². The zero-order chi connectivity index (χ0) is 20.0. The highest BCUT2D eigenvalue weighted by Crippen LogP contribution is 2.35. The second kappa shape index (κ2) is 10.6. The number of nitrogens with two attached hydrogens (primary N) is 2. The molecule has 0 saturated heterocycles.